The van der Waals surface area contributed by atoms with E-state index in [9.17, 15) is 4.79 Å². The van der Waals surface area contributed by atoms with E-state index in [1.807, 2.05) is 47.4 Å². The third-order valence-corrected chi connectivity index (χ3v) is 5.25. The molecule has 0 bridgehead atoms. The third-order valence-electron chi connectivity index (χ3n) is 5.25. The van der Waals surface area contributed by atoms with E-state index in [1.165, 1.54) is 0 Å². The number of carbonyl (C=O) groups excluding carboxylic acids is 1. The van der Waals surface area contributed by atoms with Crippen LogP contribution in [0.15, 0.2) is 59.6 Å². The van der Waals surface area contributed by atoms with Gasteiger partial charge in [-0.15, -0.1) is 0 Å². The lowest BCUT2D eigenvalue weighted by Crippen LogP contribution is -2.63. The van der Waals surface area contributed by atoms with Gasteiger partial charge in [-0.25, -0.2) is 0 Å². The van der Waals surface area contributed by atoms with Gasteiger partial charge in [0.05, 0.1) is 23.5 Å². The Hall–Kier alpha value is -2.82. The van der Waals surface area contributed by atoms with Crippen molar-refractivity contribution in [3.8, 4) is 0 Å². The van der Waals surface area contributed by atoms with Crippen LogP contribution in [-0.2, 0) is 0 Å². The molecule has 1 fully saturated rings. The fourth-order valence-corrected chi connectivity index (χ4v) is 4.02. The van der Waals surface area contributed by atoms with Crippen LogP contribution in [0.25, 0.3) is 0 Å². The van der Waals surface area contributed by atoms with Gasteiger partial charge in [-0.1, -0.05) is 30.3 Å². The van der Waals surface area contributed by atoms with Gasteiger partial charge in [-0.3, -0.25) is 9.79 Å². The molecule has 2 aliphatic heterocycles. The molecular weight excluding hydrogens is 348 g/mol. The van der Waals surface area contributed by atoms with Gasteiger partial charge in [-0.2, -0.15) is 0 Å². The molecule has 1 unspecified atom stereocenters. The van der Waals surface area contributed by atoms with Gasteiger partial charge in [0.2, 0.25) is 0 Å². The molecule has 2 heterocycles. The maximum absolute atomic E-state index is 13.1. The SMILES string of the molecule is CC(C)(C)N=C1Nc2ccccc2NC12CCCN(C(=O)c1ccccc1)C2. The molecular formula is C23H28N4O. The summed E-state index contributed by atoms with van der Waals surface area (Å²) in [5, 5.41) is 7.30. The van der Waals surface area contributed by atoms with Crippen molar-refractivity contribution in [1.82, 2.24) is 4.90 Å². The minimum absolute atomic E-state index is 0.0791. The molecule has 0 radical (unpaired) electrons. The average Bonchev–Trinajstić information content (AvgIpc) is 2.68. The van der Waals surface area contributed by atoms with E-state index in [2.05, 4.69) is 43.5 Å². The summed E-state index contributed by atoms with van der Waals surface area (Å²) in [5.74, 6) is 1.000. The highest BCUT2D eigenvalue weighted by atomic mass is 16.2. The number of benzene rings is 2. The highest BCUT2D eigenvalue weighted by molar-refractivity contribution is 6.10. The monoisotopic (exact) mass is 376 g/mol. The van der Waals surface area contributed by atoms with Crippen LogP contribution in [0.3, 0.4) is 0 Å². The van der Waals surface area contributed by atoms with E-state index in [0.717, 1.165) is 42.2 Å². The Morgan fingerprint density at radius 3 is 2.43 bits per heavy atom. The highest BCUT2D eigenvalue weighted by Crippen LogP contribution is 2.37. The molecule has 0 aromatic heterocycles. The molecule has 2 N–H and O–H groups in total. The fraction of sp³-hybridized carbons (Fsp3) is 0.391. The van der Waals surface area contributed by atoms with Crippen molar-refractivity contribution in [3.63, 3.8) is 0 Å². The van der Waals surface area contributed by atoms with Crippen molar-refractivity contribution in [2.45, 2.75) is 44.7 Å². The second kappa shape index (κ2) is 6.97. The predicted octanol–water partition coefficient (Wildman–Crippen LogP) is 4.40. The first kappa shape index (κ1) is 18.5. The second-order valence-corrected chi connectivity index (χ2v) is 8.71. The van der Waals surface area contributed by atoms with E-state index in [4.69, 9.17) is 4.99 Å². The largest absolute Gasteiger partial charge is 0.370 e. The molecule has 0 aliphatic carbocycles. The predicted molar refractivity (Wildman–Crippen MR) is 115 cm³/mol. The number of nitrogens with zero attached hydrogens (tertiary/aromatic N) is 2. The topological polar surface area (TPSA) is 56.7 Å². The first-order valence-corrected chi connectivity index (χ1v) is 9.95. The Balaban J connectivity index is 1.70. The standard InChI is InChI=1S/C23H28N4O/c1-22(2,3)26-21-23(25-19-13-8-7-12-18(19)24-21)14-9-15-27(16-23)20(28)17-10-5-4-6-11-17/h4-8,10-13,25H,9,14-16H2,1-3H3,(H,24,26). The fourth-order valence-electron chi connectivity index (χ4n) is 4.02. The number of aliphatic imine (C=N–C) groups is 1. The molecule has 28 heavy (non-hydrogen) atoms. The lowest BCUT2D eigenvalue weighted by Gasteiger charge is -2.47. The van der Waals surface area contributed by atoms with Crippen LogP contribution in [0.5, 0.6) is 0 Å². The summed E-state index contributed by atoms with van der Waals surface area (Å²) in [7, 11) is 0. The smallest absolute Gasteiger partial charge is 0.253 e. The van der Waals surface area contributed by atoms with E-state index in [1.54, 1.807) is 0 Å². The summed E-state index contributed by atoms with van der Waals surface area (Å²) < 4.78 is 0. The zero-order valence-electron chi connectivity index (χ0n) is 16.8. The Bertz CT molecular complexity index is 900. The van der Waals surface area contributed by atoms with Crippen LogP contribution in [0.2, 0.25) is 0 Å². The molecule has 5 heteroatoms. The van der Waals surface area contributed by atoms with E-state index < -0.39 is 5.54 Å². The lowest BCUT2D eigenvalue weighted by atomic mass is 9.84. The first-order valence-electron chi connectivity index (χ1n) is 9.95. The molecule has 146 valence electrons. The van der Waals surface area contributed by atoms with Crippen LogP contribution in [0, 0.1) is 0 Å². The van der Waals surface area contributed by atoms with Crippen LogP contribution < -0.4 is 10.6 Å². The van der Waals surface area contributed by atoms with Crippen molar-refractivity contribution in [3.05, 3.63) is 60.2 Å². The Kier molecular flexibility index (Phi) is 4.61. The maximum Gasteiger partial charge on any atom is 0.253 e. The minimum atomic E-state index is -0.398. The summed E-state index contributed by atoms with van der Waals surface area (Å²) >= 11 is 0. The highest BCUT2D eigenvalue weighted by Gasteiger charge is 2.45. The number of amidine groups is 1. The number of para-hydroxylation sites is 2. The third kappa shape index (κ3) is 3.61. The molecule has 2 aliphatic rings. The Labute approximate surface area is 166 Å². The van der Waals surface area contributed by atoms with Gasteiger partial charge in [0.1, 0.15) is 11.4 Å². The summed E-state index contributed by atoms with van der Waals surface area (Å²) in [4.78, 5) is 20.1. The number of rotatable bonds is 1. The number of hydrogen-bond donors (Lipinski definition) is 2. The van der Waals surface area contributed by atoms with Gasteiger partial charge in [0, 0.05) is 12.1 Å². The van der Waals surface area contributed by atoms with E-state index >= 15 is 0 Å². The van der Waals surface area contributed by atoms with Crippen molar-refractivity contribution in [2.24, 2.45) is 4.99 Å². The number of likely N-dealkylation sites (tertiary alicyclic amines) is 1. The van der Waals surface area contributed by atoms with Crippen molar-refractivity contribution >= 4 is 23.1 Å². The van der Waals surface area contributed by atoms with Crippen LogP contribution in [0.1, 0.15) is 44.0 Å². The van der Waals surface area contributed by atoms with E-state index in [0.29, 0.717) is 6.54 Å². The maximum atomic E-state index is 13.1. The summed E-state index contributed by atoms with van der Waals surface area (Å²) in [6.45, 7) is 7.67. The molecule has 0 saturated carbocycles. The number of fused-ring (bicyclic) bond motifs is 1. The van der Waals surface area contributed by atoms with Crippen LogP contribution in [0.4, 0.5) is 11.4 Å². The van der Waals surface area contributed by atoms with Gasteiger partial charge >= 0.3 is 0 Å². The van der Waals surface area contributed by atoms with Crippen molar-refractivity contribution < 1.29 is 4.79 Å². The van der Waals surface area contributed by atoms with Crippen molar-refractivity contribution in [1.29, 1.82) is 0 Å². The van der Waals surface area contributed by atoms with Crippen LogP contribution in [-0.4, -0.2) is 40.8 Å². The zero-order chi connectivity index (χ0) is 19.8. The average molecular weight is 377 g/mol. The molecule has 2 aromatic carbocycles. The first-order chi connectivity index (χ1) is 13.4. The van der Waals surface area contributed by atoms with Gasteiger partial charge in [0.15, 0.2) is 0 Å². The number of anilines is 2. The lowest BCUT2D eigenvalue weighted by molar-refractivity contribution is 0.0694. The molecule has 1 atom stereocenters. The van der Waals surface area contributed by atoms with Gasteiger partial charge < -0.3 is 15.5 Å². The minimum Gasteiger partial charge on any atom is -0.370 e. The molecule has 1 saturated heterocycles. The molecule has 4 rings (SSSR count). The molecule has 5 nitrogen and oxygen atoms in total. The quantitative estimate of drug-likeness (QED) is 0.776. The summed E-state index contributed by atoms with van der Waals surface area (Å²) in [6.07, 6.45) is 1.86. The molecule has 1 spiro atoms. The van der Waals surface area contributed by atoms with E-state index in [-0.39, 0.29) is 11.4 Å². The number of carbonyl (C=O) groups is 1. The van der Waals surface area contributed by atoms with Gasteiger partial charge in [0.25, 0.3) is 5.91 Å². The number of hydrogen-bond acceptors (Lipinski definition) is 3. The zero-order valence-corrected chi connectivity index (χ0v) is 16.8. The number of piperidine rings is 1. The second-order valence-electron chi connectivity index (χ2n) is 8.71. The Morgan fingerprint density at radius 1 is 1.04 bits per heavy atom. The number of nitrogens with one attached hydrogen (secondary N) is 2. The molecule has 2 aromatic rings. The normalized spacial score (nSPS) is 23.1. The summed E-state index contributed by atoms with van der Waals surface area (Å²) in [6, 6.07) is 17.7. The van der Waals surface area contributed by atoms with Gasteiger partial charge in [-0.05, 0) is 57.9 Å². The Morgan fingerprint density at radius 2 is 1.71 bits per heavy atom. The van der Waals surface area contributed by atoms with Crippen LogP contribution >= 0.6 is 0 Å². The van der Waals surface area contributed by atoms with Crippen molar-refractivity contribution in [2.75, 3.05) is 23.7 Å². The molecule has 1 amide bonds. The summed E-state index contributed by atoms with van der Waals surface area (Å²) in [5.41, 5.74) is 2.21. The number of amides is 1.